The number of amides is 1. The summed E-state index contributed by atoms with van der Waals surface area (Å²) in [6.07, 6.45) is 1.76. The molecule has 4 aromatic rings. The highest BCUT2D eigenvalue weighted by Gasteiger charge is 2.25. The van der Waals surface area contributed by atoms with Gasteiger partial charge in [-0.3, -0.25) is 4.79 Å². The van der Waals surface area contributed by atoms with Gasteiger partial charge in [0.25, 0.3) is 5.91 Å². The molecule has 5 rings (SSSR count). The van der Waals surface area contributed by atoms with Crippen LogP contribution >= 0.6 is 0 Å². The van der Waals surface area contributed by atoms with Crippen molar-refractivity contribution in [1.82, 2.24) is 24.5 Å². The summed E-state index contributed by atoms with van der Waals surface area (Å²) in [6.45, 7) is 2.50. The van der Waals surface area contributed by atoms with Gasteiger partial charge < -0.3 is 15.5 Å². The Morgan fingerprint density at radius 2 is 1.90 bits per heavy atom. The van der Waals surface area contributed by atoms with Crippen LogP contribution in [-0.2, 0) is 0 Å². The summed E-state index contributed by atoms with van der Waals surface area (Å²) >= 11 is 0. The molecule has 1 aromatic carbocycles. The van der Waals surface area contributed by atoms with Gasteiger partial charge in [-0.2, -0.15) is 9.61 Å². The fourth-order valence-corrected chi connectivity index (χ4v) is 3.68. The molecule has 3 aromatic heterocycles. The zero-order chi connectivity index (χ0) is 20.0. The van der Waals surface area contributed by atoms with Gasteiger partial charge in [-0.05, 0) is 36.4 Å². The molecule has 146 valence electrons. The van der Waals surface area contributed by atoms with Crippen molar-refractivity contribution in [3.05, 3.63) is 60.2 Å². The first kappa shape index (κ1) is 17.4. The van der Waals surface area contributed by atoms with Crippen LogP contribution in [0.25, 0.3) is 16.4 Å². The molecule has 2 N–H and O–H groups in total. The van der Waals surface area contributed by atoms with Crippen molar-refractivity contribution in [3.63, 3.8) is 0 Å². The van der Waals surface area contributed by atoms with E-state index in [2.05, 4.69) is 20.0 Å². The molecule has 1 aliphatic rings. The Balaban J connectivity index is 1.42. The van der Waals surface area contributed by atoms with Crippen molar-refractivity contribution in [2.75, 3.05) is 36.8 Å². The quantitative estimate of drug-likeness (QED) is 0.562. The number of halogens is 1. The molecule has 1 saturated heterocycles. The average Bonchev–Trinajstić information content (AvgIpc) is 3.21. The number of nitrogens with two attached hydrogens (primary N) is 1. The van der Waals surface area contributed by atoms with E-state index in [0.717, 1.165) is 5.82 Å². The van der Waals surface area contributed by atoms with E-state index in [1.165, 1.54) is 16.6 Å². The van der Waals surface area contributed by atoms with Gasteiger partial charge in [0.2, 0.25) is 5.95 Å². The first-order valence-corrected chi connectivity index (χ1v) is 9.30. The first-order chi connectivity index (χ1) is 14.1. The highest BCUT2D eigenvalue weighted by atomic mass is 19.1. The number of hydrogen-bond donors (Lipinski definition) is 1. The Morgan fingerprint density at radius 3 is 2.66 bits per heavy atom. The number of nitrogen functional groups attached to an aromatic ring is 1. The minimum Gasteiger partial charge on any atom is -0.368 e. The van der Waals surface area contributed by atoms with Gasteiger partial charge in [0.05, 0.1) is 11.0 Å². The van der Waals surface area contributed by atoms with Crippen molar-refractivity contribution < 1.29 is 9.18 Å². The second-order valence-electron chi connectivity index (χ2n) is 6.93. The lowest BCUT2D eigenvalue weighted by Crippen LogP contribution is -2.49. The summed E-state index contributed by atoms with van der Waals surface area (Å²) in [6, 6.07) is 11.7. The maximum Gasteiger partial charge on any atom is 0.274 e. The molecule has 1 amide bonds. The van der Waals surface area contributed by atoms with Crippen molar-refractivity contribution >= 4 is 34.1 Å². The van der Waals surface area contributed by atoms with Crippen LogP contribution in [0.15, 0.2) is 48.7 Å². The SMILES string of the molecule is Nc1nc2ccc(F)cc2c2cc(C(=O)N3CCN(c4ccccn4)CC3)nn12. The van der Waals surface area contributed by atoms with Crippen LogP contribution in [0.2, 0.25) is 0 Å². The van der Waals surface area contributed by atoms with E-state index in [1.807, 2.05) is 18.2 Å². The van der Waals surface area contributed by atoms with Crippen LogP contribution in [0, 0.1) is 5.82 Å². The van der Waals surface area contributed by atoms with Gasteiger partial charge in [0.1, 0.15) is 11.6 Å². The lowest BCUT2D eigenvalue weighted by atomic mass is 10.2. The van der Waals surface area contributed by atoms with E-state index in [0.29, 0.717) is 42.6 Å². The third-order valence-corrected chi connectivity index (χ3v) is 5.16. The molecule has 0 saturated carbocycles. The summed E-state index contributed by atoms with van der Waals surface area (Å²) in [5.41, 5.74) is 7.37. The molecule has 1 fully saturated rings. The summed E-state index contributed by atoms with van der Waals surface area (Å²) in [4.78, 5) is 25.5. The number of carbonyl (C=O) groups is 1. The molecule has 0 unspecified atom stereocenters. The van der Waals surface area contributed by atoms with Crippen molar-refractivity contribution in [2.24, 2.45) is 0 Å². The maximum atomic E-state index is 13.7. The van der Waals surface area contributed by atoms with E-state index in [-0.39, 0.29) is 23.4 Å². The zero-order valence-electron chi connectivity index (χ0n) is 15.5. The Kier molecular flexibility index (Phi) is 4.01. The number of carbonyl (C=O) groups excluding carboxylic acids is 1. The van der Waals surface area contributed by atoms with Crippen LogP contribution in [0.1, 0.15) is 10.5 Å². The van der Waals surface area contributed by atoms with Crippen molar-refractivity contribution in [3.8, 4) is 0 Å². The van der Waals surface area contributed by atoms with E-state index < -0.39 is 0 Å². The normalized spacial score (nSPS) is 14.7. The molecular weight excluding hydrogens is 373 g/mol. The number of aromatic nitrogens is 4. The minimum absolute atomic E-state index is 0.151. The maximum absolute atomic E-state index is 13.7. The molecule has 0 aliphatic carbocycles. The van der Waals surface area contributed by atoms with E-state index in [1.54, 1.807) is 23.2 Å². The fourth-order valence-electron chi connectivity index (χ4n) is 3.68. The van der Waals surface area contributed by atoms with E-state index in [4.69, 9.17) is 5.73 Å². The number of anilines is 2. The molecule has 8 nitrogen and oxygen atoms in total. The molecule has 0 atom stereocenters. The summed E-state index contributed by atoms with van der Waals surface area (Å²) in [5, 5.41) is 4.89. The highest BCUT2D eigenvalue weighted by Crippen LogP contribution is 2.23. The van der Waals surface area contributed by atoms with Gasteiger partial charge in [-0.25, -0.2) is 14.4 Å². The number of fused-ring (bicyclic) bond motifs is 3. The molecule has 9 heteroatoms. The third-order valence-electron chi connectivity index (χ3n) is 5.16. The molecule has 1 aliphatic heterocycles. The molecule has 0 bridgehead atoms. The van der Waals surface area contributed by atoms with Gasteiger partial charge in [0.15, 0.2) is 5.69 Å². The fraction of sp³-hybridized carbons (Fsp3) is 0.200. The highest BCUT2D eigenvalue weighted by molar-refractivity contribution is 5.99. The van der Waals surface area contributed by atoms with Crippen LogP contribution in [-0.4, -0.2) is 56.6 Å². The number of nitrogens with zero attached hydrogens (tertiary/aromatic N) is 6. The average molecular weight is 391 g/mol. The Labute approximate surface area is 165 Å². The van der Waals surface area contributed by atoms with Crippen LogP contribution in [0.4, 0.5) is 16.2 Å². The summed E-state index contributed by atoms with van der Waals surface area (Å²) in [5.74, 6) is 0.488. The number of rotatable bonds is 2. The lowest BCUT2D eigenvalue weighted by Gasteiger charge is -2.35. The monoisotopic (exact) mass is 391 g/mol. The minimum atomic E-state index is -0.384. The summed E-state index contributed by atoms with van der Waals surface area (Å²) in [7, 11) is 0. The molecule has 4 heterocycles. The van der Waals surface area contributed by atoms with Gasteiger partial charge in [-0.1, -0.05) is 6.07 Å². The zero-order valence-corrected chi connectivity index (χ0v) is 15.5. The second kappa shape index (κ2) is 6.69. The van der Waals surface area contributed by atoms with Crippen LogP contribution in [0.3, 0.4) is 0 Å². The predicted octanol–water partition coefficient (Wildman–Crippen LogP) is 1.96. The molecule has 0 radical (unpaired) electrons. The van der Waals surface area contributed by atoms with Crippen LogP contribution in [0.5, 0.6) is 0 Å². The van der Waals surface area contributed by atoms with E-state index in [9.17, 15) is 9.18 Å². The molecule has 0 spiro atoms. The second-order valence-corrected chi connectivity index (χ2v) is 6.93. The van der Waals surface area contributed by atoms with Gasteiger partial charge >= 0.3 is 0 Å². The van der Waals surface area contributed by atoms with Crippen LogP contribution < -0.4 is 10.6 Å². The number of piperazine rings is 1. The number of hydrogen-bond acceptors (Lipinski definition) is 6. The lowest BCUT2D eigenvalue weighted by molar-refractivity contribution is 0.0740. The first-order valence-electron chi connectivity index (χ1n) is 9.30. The summed E-state index contributed by atoms with van der Waals surface area (Å²) < 4.78 is 15.1. The van der Waals surface area contributed by atoms with E-state index >= 15 is 0 Å². The topological polar surface area (TPSA) is 92.6 Å². The van der Waals surface area contributed by atoms with Crippen molar-refractivity contribution in [2.45, 2.75) is 0 Å². The van der Waals surface area contributed by atoms with Gasteiger partial charge in [-0.15, -0.1) is 0 Å². The smallest absolute Gasteiger partial charge is 0.274 e. The molecular formula is C20H18FN7O. The Bertz CT molecular complexity index is 1220. The van der Waals surface area contributed by atoms with Crippen molar-refractivity contribution in [1.29, 1.82) is 0 Å². The Hall–Kier alpha value is -3.75. The molecule has 29 heavy (non-hydrogen) atoms. The largest absolute Gasteiger partial charge is 0.368 e. The predicted molar refractivity (Wildman–Crippen MR) is 107 cm³/mol. The third kappa shape index (κ3) is 3.00. The number of benzene rings is 1. The van der Waals surface area contributed by atoms with Gasteiger partial charge in [0, 0.05) is 37.8 Å². The number of pyridine rings is 1. The standard InChI is InChI=1S/C20H18FN7O/c21-13-4-5-15-14(11-13)17-12-16(25-28(17)20(22)24-15)19(29)27-9-7-26(8-10-27)18-3-1-2-6-23-18/h1-6,11-12H,7-10H2,(H2,22,24). The Morgan fingerprint density at radius 1 is 1.07 bits per heavy atom.